The maximum absolute atomic E-state index is 12.8. The Morgan fingerprint density at radius 1 is 1.00 bits per heavy atom. The van der Waals surface area contributed by atoms with E-state index in [2.05, 4.69) is 20.3 Å². The number of hydrogen-bond donors (Lipinski definition) is 3. The Bertz CT molecular complexity index is 1840. The van der Waals surface area contributed by atoms with E-state index >= 15 is 0 Å². The summed E-state index contributed by atoms with van der Waals surface area (Å²) in [4.78, 5) is 36.3. The second kappa shape index (κ2) is 13.4. The van der Waals surface area contributed by atoms with Crippen molar-refractivity contribution < 1.29 is 28.8 Å². The van der Waals surface area contributed by atoms with Crippen molar-refractivity contribution in [2.24, 2.45) is 5.92 Å². The van der Waals surface area contributed by atoms with Crippen LogP contribution in [-0.2, 0) is 19.9 Å². The number of ether oxygens (including phenoxy) is 4. The summed E-state index contributed by atoms with van der Waals surface area (Å²) in [6.07, 6.45) is -0.686. The number of fused-ring (bicyclic) bond motifs is 1. The minimum atomic E-state index is -1.10. The van der Waals surface area contributed by atoms with Gasteiger partial charge in [-0.3, -0.25) is 24.5 Å². The maximum Gasteiger partial charge on any atom is 0.280 e. The molecule has 3 heterocycles. The number of aliphatic hydroxyl groups is 1. The molecule has 1 saturated heterocycles. The highest BCUT2D eigenvalue weighted by Crippen LogP contribution is 2.43. The normalized spacial score (nSPS) is 18.0. The van der Waals surface area contributed by atoms with E-state index in [1.807, 2.05) is 78.9 Å². The van der Waals surface area contributed by atoms with Crippen LogP contribution >= 0.6 is 0 Å². The number of H-pyrrole nitrogens is 1. The molecular formula is C35H37N5O7. The molecule has 1 aliphatic rings. The molecular weight excluding hydrogens is 602 g/mol. The number of nitrogens with one attached hydrogen (secondary N) is 2. The average Bonchev–Trinajstić information content (AvgIpc) is 3.69. The highest BCUT2D eigenvalue weighted by Gasteiger charge is 2.42. The van der Waals surface area contributed by atoms with E-state index in [9.17, 15) is 14.7 Å². The molecule has 6 rings (SSSR count). The molecule has 1 amide bonds. The topological polar surface area (TPSA) is 150 Å². The van der Waals surface area contributed by atoms with Crippen LogP contribution in [0.2, 0.25) is 0 Å². The molecule has 3 atom stereocenters. The van der Waals surface area contributed by atoms with Crippen LogP contribution in [0, 0.1) is 5.92 Å². The Balaban J connectivity index is 1.33. The molecule has 1 aliphatic heterocycles. The van der Waals surface area contributed by atoms with Crippen molar-refractivity contribution in [1.29, 1.82) is 0 Å². The van der Waals surface area contributed by atoms with Crippen molar-refractivity contribution >= 4 is 23.0 Å². The summed E-state index contributed by atoms with van der Waals surface area (Å²) in [6, 6.07) is 25.2. The largest absolute Gasteiger partial charge is 0.497 e. The number of anilines is 1. The van der Waals surface area contributed by atoms with Gasteiger partial charge in [-0.1, -0.05) is 68.4 Å². The van der Waals surface area contributed by atoms with Gasteiger partial charge < -0.3 is 24.1 Å². The van der Waals surface area contributed by atoms with Gasteiger partial charge in [-0.05, 0) is 41.0 Å². The quantitative estimate of drug-likeness (QED) is 0.179. The van der Waals surface area contributed by atoms with Gasteiger partial charge in [0.05, 0.1) is 33.3 Å². The van der Waals surface area contributed by atoms with E-state index in [1.165, 1.54) is 6.33 Å². The molecule has 3 unspecified atom stereocenters. The van der Waals surface area contributed by atoms with Gasteiger partial charge in [-0.15, -0.1) is 0 Å². The van der Waals surface area contributed by atoms with Gasteiger partial charge in [-0.25, -0.2) is 4.98 Å². The number of amides is 1. The zero-order valence-electron chi connectivity index (χ0n) is 26.5. The van der Waals surface area contributed by atoms with Gasteiger partial charge in [0.15, 0.2) is 11.2 Å². The number of carbonyl (C=O) groups excluding carboxylic acids is 1. The Kier molecular flexibility index (Phi) is 9.08. The zero-order valence-corrected chi connectivity index (χ0v) is 26.5. The third-order valence-electron chi connectivity index (χ3n) is 8.35. The number of benzene rings is 3. The van der Waals surface area contributed by atoms with Crippen LogP contribution in [0.3, 0.4) is 0 Å². The second-order valence-electron chi connectivity index (χ2n) is 11.6. The fourth-order valence-electron chi connectivity index (χ4n) is 5.77. The number of nitrogens with zero attached hydrogens (tertiary/aromatic N) is 3. The predicted molar refractivity (Wildman–Crippen MR) is 174 cm³/mol. The fraction of sp³-hybridized carbons (Fsp3) is 0.314. The first-order valence-corrected chi connectivity index (χ1v) is 15.3. The summed E-state index contributed by atoms with van der Waals surface area (Å²) in [5.41, 5.74) is 1.28. The molecule has 5 aromatic rings. The van der Waals surface area contributed by atoms with E-state index in [1.54, 1.807) is 32.6 Å². The SMILES string of the molecule is COc1ccc(C(OCC2OC(n3cnc4c(=O)[nH]c(NC(=O)C(C)C)nc43)CC2O)(c2ccccc2)c2ccc(OC)cc2)cc1. The van der Waals surface area contributed by atoms with E-state index in [-0.39, 0.29) is 42.0 Å². The Morgan fingerprint density at radius 2 is 1.60 bits per heavy atom. The first-order valence-electron chi connectivity index (χ1n) is 15.3. The Labute approximate surface area is 271 Å². The molecule has 244 valence electrons. The highest BCUT2D eigenvalue weighted by molar-refractivity contribution is 5.91. The molecule has 0 aliphatic carbocycles. The molecule has 3 N–H and O–H groups in total. The van der Waals surface area contributed by atoms with Gasteiger partial charge in [0.2, 0.25) is 11.9 Å². The zero-order chi connectivity index (χ0) is 33.1. The average molecular weight is 640 g/mol. The van der Waals surface area contributed by atoms with Crippen LogP contribution in [0.4, 0.5) is 5.95 Å². The number of rotatable bonds is 11. The van der Waals surface area contributed by atoms with Crippen molar-refractivity contribution in [3.63, 3.8) is 0 Å². The molecule has 0 saturated carbocycles. The standard InChI is InChI=1S/C35H37N5O7/c1-21(2)32(42)38-34-37-31-30(33(43)39-34)36-20-40(31)29-18-27(41)28(47-29)19-46-35(22-8-6-5-7-9-22,23-10-14-25(44-3)15-11-23)24-12-16-26(45-4)17-13-24/h5-17,20-21,27-29,41H,18-19H2,1-4H3,(H2,37,38,39,42,43). The number of imidazole rings is 1. The predicted octanol–water partition coefficient (Wildman–Crippen LogP) is 4.39. The number of aromatic nitrogens is 4. The lowest BCUT2D eigenvalue weighted by Crippen LogP contribution is -2.38. The molecule has 0 bridgehead atoms. The van der Waals surface area contributed by atoms with E-state index in [0.29, 0.717) is 11.5 Å². The Morgan fingerprint density at radius 3 is 2.17 bits per heavy atom. The minimum Gasteiger partial charge on any atom is -0.497 e. The van der Waals surface area contributed by atoms with Gasteiger partial charge >= 0.3 is 0 Å². The number of aromatic amines is 1. The van der Waals surface area contributed by atoms with Crippen molar-refractivity contribution in [1.82, 2.24) is 19.5 Å². The van der Waals surface area contributed by atoms with Crippen LogP contribution in [0.25, 0.3) is 11.2 Å². The lowest BCUT2D eigenvalue weighted by molar-refractivity contribution is -0.118. The highest BCUT2D eigenvalue weighted by atomic mass is 16.6. The number of aliphatic hydroxyl groups excluding tert-OH is 1. The van der Waals surface area contributed by atoms with E-state index in [4.69, 9.17) is 18.9 Å². The van der Waals surface area contributed by atoms with Crippen LogP contribution in [0.5, 0.6) is 11.5 Å². The number of hydrogen-bond acceptors (Lipinski definition) is 9. The van der Waals surface area contributed by atoms with Crippen LogP contribution < -0.4 is 20.3 Å². The minimum absolute atomic E-state index is 0.00741. The first kappa shape index (κ1) is 31.9. The lowest BCUT2D eigenvalue weighted by atomic mass is 9.80. The van der Waals surface area contributed by atoms with Gasteiger partial charge in [0.1, 0.15) is 29.4 Å². The third kappa shape index (κ3) is 6.22. The van der Waals surface area contributed by atoms with Crippen molar-refractivity contribution in [3.8, 4) is 11.5 Å². The van der Waals surface area contributed by atoms with E-state index < -0.39 is 29.6 Å². The lowest BCUT2D eigenvalue weighted by Gasteiger charge is -2.37. The van der Waals surface area contributed by atoms with Gasteiger partial charge in [0, 0.05) is 12.3 Å². The van der Waals surface area contributed by atoms with Crippen molar-refractivity contribution in [3.05, 3.63) is 112 Å². The number of methoxy groups -OCH3 is 2. The smallest absolute Gasteiger partial charge is 0.280 e. The van der Waals surface area contributed by atoms with Crippen LogP contribution in [0.1, 0.15) is 43.2 Å². The van der Waals surface area contributed by atoms with Gasteiger partial charge in [0.25, 0.3) is 5.56 Å². The molecule has 0 spiro atoms. The molecule has 47 heavy (non-hydrogen) atoms. The molecule has 12 heteroatoms. The van der Waals surface area contributed by atoms with Crippen molar-refractivity contribution in [2.75, 3.05) is 26.1 Å². The van der Waals surface area contributed by atoms with Crippen LogP contribution in [0.15, 0.2) is 90.0 Å². The summed E-state index contributed by atoms with van der Waals surface area (Å²) in [7, 11) is 3.23. The summed E-state index contributed by atoms with van der Waals surface area (Å²) in [6.45, 7) is 3.49. The number of carbonyl (C=O) groups is 1. The van der Waals surface area contributed by atoms with Gasteiger partial charge in [-0.2, -0.15) is 4.98 Å². The summed E-state index contributed by atoms with van der Waals surface area (Å²) >= 11 is 0. The van der Waals surface area contributed by atoms with Crippen molar-refractivity contribution in [2.45, 2.75) is 44.3 Å². The molecule has 0 radical (unpaired) electrons. The van der Waals surface area contributed by atoms with E-state index in [0.717, 1.165) is 16.7 Å². The fourth-order valence-corrected chi connectivity index (χ4v) is 5.77. The Hall–Kier alpha value is -5.04. The maximum atomic E-state index is 12.8. The van der Waals surface area contributed by atoms with Crippen LogP contribution in [-0.4, -0.2) is 63.6 Å². The summed E-state index contributed by atoms with van der Waals surface area (Å²) in [5, 5.41) is 13.9. The third-order valence-corrected chi connectivity index (χ3v) is 8.35. The molecule has 12 nitrogen and oxygen atoms in total. The molecule has 2 aromatic heterocycles. The molecule has 3 aromatic carbocycles. The first-order chi connectivity index (χ1) is 22.7. The monoisotopic (exact) mass is 639 g/mol. The summed E-state index contributed by atoms with van der Waals surface area (Å²) in [5.74, 6) is 0.810. The summed E-state index contributed by atoms with van der Waals surface area (Å²) < 4.78 is 25.8. The second-order valence-corrected chi connectivity index (χ2v) is 11.6. The molecule has 1 fully saturated rings.